The van der Waals surface area contributed by atoms with Crippen LogP contribution in [-0.2, 0) is 14.3 Å². The number of carbonyl (C=O) groups is 2. The molecular weight excluding hydrogens is 252 g/mol. The fourth-order valence-corrected chi connectivity index (χ4v) is 4.62. The van der Waals surface area contributed by atoms with E-state index in [1.54, 1.807) is 0 Å². The number of fused-ring (bicyclic) bond motifs is 1. The van der Waals surface area contributed by atoms with Crippen molar-refractivity contribution in [2.75, 3.05) is 7.11 Å². The smallest absolute Gasteiger partial charge is 0.305 e. The first-order valence-electron chi connectivity index (χ1n) is 7.76. The average Bonchev–Trinajstić information content (AvgIpc) is 2.79. The zero-order valence-corrected chi connectivity index (χ0v) is 12.7. The Hall–Kier alpha value is -1.12. The van der Waals surface area contributed by atoms with Gasteiger partial charge in [0.2, 0.25) is 0 Å². The number of esters is 1. The van der Waals surface area contributed by atoms with Gasteiger partial charge in [-0.25, -0.2) is 0 Å². The molecule has 2 rings (SSSR count). The Morgan fingerprint density at radius 3 is 2.85 bits per heavy atom. The van der Waals surface area contributed by atoms with Crippen LogP contribution < -0.4 is 0 Å². The second kappa shape index (κ2) is 6.11. The number of ketones is 1. The third-order valence-corrected chi connectivity index (χ3v) is 5.43. The van der Waals surface area contributed by atoms with Gasteiger partial charge in [-0.05, 0) is 56.8 Å². The summed E-state index contributed by atoms with van der Waals surface area (Å²) in [6.07, 6.45) is 7.18. The van der Waals surface area contributed by atoms with Gasteiger partial charge in [0, 0.05) is 18.8 Å². The predicted octanol–water partition coefficient (Wildman–Crippen LogP) is 3.67. The van der Waals surface area contributed by atoms with Crippen LogP contribution in [-0.4, -0.2) is 18.9 Å². The molecule has 2 fully saturated rings. The van der Waals surface area contributed by atoms with E-state index in [9.17, 15) is 9.59 Å². The molecule has 2 saturated carbocycles. The van der Waals surface area contributed by atoms with Gasteiger partial charge in [-0.1, -0.05) is 12.2 Å². The normalized spacial score (nSPS) is 32.8. The van der Waals surface area contributed by atoms with Crippen LogP contribution in [0, 0.1) is 17.3 Å². The molecule has 0 aromatic rings. The fourth-order valence-electron chi connectivity index (χ4n) is 4.62. The number of allylic oxidation sites excluding steroid dienone is 1. The fraction of sp³-hybridized carbons (Fsp3) is 0.765. The van der Waals surface area contributed by atoms with E-state index in [1.165, 1.54) is 12.7 Å². The molecule has 0 unspecified atom stereocenters. The zero-order chi connectivity index (χ0) is 14.8. The molecule has 0 saturated heterocycles. The molecule has 2 aliphatic carbocycles. The zero-order valence-electron chi connectivity index (χ0n) is 12.7. The lowest BCUT2D eigenvalue weighted by molar-refractivity contribution is -0.140. The Kier molecular flexibility index (Phi) is 4.66. The number of Topliss-reactive ketones (excluding diaryl/α,β-unsaturated/α-hetero) is 1. The minimum absolute atomic E-state index is 0.0786. The van der Waals surface area contributed by atoms with E-state index in [4.69, 9.17) is 4.74 Å². The van der Waals surface area contributed by atoms with Gasteiger partial charge in [0.05, 0.1) is 7.11 Å². The highest BCUT2D eigenvalue weighted by Gasteiger charge is 2.53. The maximum absolute atomic E-state index is 12.3. The van der Waals surface area contributed by atoms with Crippen molar-refractivity contribution in [3.8, 4) is 0 Å². The van der Waals surface area contributed by atoms with Crippen molar-refractivity contribution in [2.45, 2.75) is 58.3 Å². The molecule has 0 bridgehead atoms. The van der Waals surface area contributed by atoms with Gasteiger partial charge in [-0.2, -0.15) is 0 Å². The van der Waals surface area contributed by atoms with Gasteiger partial charge >= 0.3 is 5.97 Å². The topological polar surface area (TPSA) is 43.4 Å². The van der Waals surface area contributed by atoms with Gasteiger partial charge in [-0.15, -0.1) is 0 Å². The molecule has 0 radical (unpaired) electrons. The highest BCUT2D eigenvalue weighted by Crippen LogP contribution is 2.59. The Balaban J connectivity index is 2.13. The largest absolute Gasteiger partial charge is 0.469 e. The van der Waals surface area contributed by atoms with Crippen molar-refractivity contribution >= 4 is 11.8 Å². The lowest BCUT2D eigenvalue weighted by Gasteiger charge is -2.43. The van der Waals surface area contributed by atoms with Crippen LogP contribution >= 0.6 is 0 Å². The van der Waals surface area contributed by atoms with E-state index in [1.807, 2.05) is 0 Å². The van der Waals surface area contributed by atoms with Crippen molar-refractivity contribution < 1.29 is 14.3 Å². The third-order valence-electron chi connectivity index (χ3n) is 5.43. The molecule has 0 aromatic heterocycles. The minimum atomic E-state index is -0.148. The van der Waals surface area contributed by atoms with Gasteiger partial charge in [0.25, 0.3) is 0 Å². The van der Waals surface area contributed by atoms with Crippen LogP contribution in [0.2, 0.25) is 0 Å². The first-order valence-corrected chi connectivity index (χ1v) is 7.76. The van der Waals surface area contributed by atoms with E-state index in [2.05, 4.69) is 13.5 Å². The van der Waals surface area contributed by atoms with Crippen LogP contribution in [0.5, 0.6) is 0 Å². The Bertz CT molecular complexity index is 404. The van der Waals surface area contributed by atoms with Crippen LogP contribution in [0.4, 0.5) is 0 Å². The van der Waals surface area contributed by atoms with Crippen LogP contribution in [0.15, 0.2) is 12.2 Å². The number of ether oxygens (including phenoxy) is 1. The van der Waals surface area contributed by atoms with E-state index in [0.717, 1.165) is 44.9 Å². The molecule has 0 aliphatic heterocycles. The molecule has 3 heteroatoms. The molecule has 0 amide bonds. The van der Waals surface area contributed by atoms with Crippen molar-refractivity contribution in [1.29, 1.82) is 0 Å². The summed E-state index contributed by atoms with van der Waals surface area (Å²) >= 11 is 0. The molecule has 0 aromatic carbocycles. The third kappa shape index (κ3) is 2.68. The maximum atomic E-state index is 12.3. The minimum Gasteiger partial charge on any atom is -0.469 e. The molecule has 2 aliphatic rings. The van der Waals surface area contributed by atoms with Crippen LogP contribution in [0.1, 0.15) is 58.3 Å². The van der Waals surface area contributed by atoms with Crippen LogP contribution in [0.3, 0.4) is 0 Å². The quantitative estimate of drug-likeness (QED) is 0.569. The predicted molar refractivity (Wildman–Crippen MR) is 78.2 cm³/mol. The Morgan fingerprint density at radius 1 is 1.45 bits per heavy atom. The highest BCUT2D eigenvalue weighted by molar-refractivity contribution is 5.83. The van der Waals surface area contributed by atoms with Crippen molar-refractivity contribution in [1.82, 2.24) is 0 Å². The number of hydrogen-bond acceptors (Lipinski definition) is 3. The summed E-state index contributed by atoms with van der Waals surface area (Å²) in [4.78, 5) is 23.6. The molecule has 20 heavy (non-hydrogen) atoms. The first kappa shape index (κ1) is 15.3. The molecule has 3 nitrogen and oxygen atoms in total. The summed E-state index contributed by atoms with van der Waals surface area (Å²) in [7, 11) is 1.43. The molecule has 0 spiro atoms. The number of hydrogen-bond donors (Lipinski definition) is 0. The van der Waals surface area contributed by atoms with E-state index < -0.39 is 0 Å². The summed E-state index contributed by atoms with van der Waals surface area (Å²) in [6, 6.07) is 0. The maximum Gasteiger partial charge on any atom is 0.305 e. The van der Waals surface area contributed by atoms with Crippen molar-refractivity contribution in [3.63, 3.8) is 0 Å². The second-order valence-electron chi connectivity index (χ2n) is 6.51. The Labute approximate surface area is 121 Å². The van der Waals surface area contributed by atoms with E-state index in [-0.39, 0.29) is 17.3 Å². The summed E-state index contributed by atoms with van der Waals surface area (Å²) < 4.78 is 4.72. The number of carbonyl (C=O) groups excluding carboxylic acids is 2. The average molecular weight is 278 g/mol. The summed E-state index contributed by atoms with van der Waals surface area (Å²) in [5.41, 5.74) is 1.29. The number of rotatable bonds is 5. The van der Waals surface area contributed by atoms with Gasteiger partial charge in [0.1, 0.15) is 5.78 Å². The van der Waals surface area contributed by atoms with Crippen molar-refractivity contribution in [3.05, 3.63) is 12.2 Å². The van der Waals surface area contributed by atoms with Crippen LogP contribution in [0.25, 0.3) is 0 Å². The highest BCUT2D eigenvalue weighted by atomic mass is 16.5. The Morgan fingerprint density at radius 2 is 2.20 bits per heavy atom. The summed E-state index contributed by atoms with van der Waals surface area (Å²) in [5.74, 6) is 0.952. The lowest BCUT2D eigenvalue weighted by Crippen LogP contribution is -2.40. The van der Waals surface area contributed by atoms with Gasteiger partial charge in [0.15, 0.2) is 0 Å². The summed E-state index contributed by atoms with van der Waals surface area (Å²) in [5, 5.41) is 0. The van der Waals surface area contributed by atoms with E-state index >= 15 is 0 Å². The molecule has 3 atom stereocenters. The standard InChI is InChI=1S/C17H26O3/c1-12(2)13-8-9-14-15(18)6-4-10-17(13,14)11-5-7-16(19)20-3/h13-14H,1,4-11H2,2-3H3/t13-,14+,17+/m1/s1. The molecular formula is C17H26O3. The van der Waals surface area contributed by atoms with Crippen molar-refractivity contribution in [2.24, 2.45) is 17.3 Å². The van der Waals surface area contributed by atoms with Gasteiger partial charge in [-0.3, -0.25) is 9.59 Å². The van der Waals surface area contributed by atoms with E-state index in [0.29, 0.717) is 18.1 Å². The molecule has 112 valence electrons. The first-order chi connectivity index (χ1) is 9.51. The second-order valence-corrected chi connectivity index (χ2v) is 6.51. The summed E-state index contributed by atoms with van der Waals surface area (Å²) in [6.45, 7) is 6.25. The SMILES string of the molecule is C=C(C)[C@H]1CC[C@H]2C(=O)CCC[C@]12CCCC(=O)OC. The molecule has 0 N–H and O–H groups in total. The number of methoxy groups -OCH3 is 1. The van der Waals surface area contributed by atoms with Gasteiger partial charge < -0.3 is 4.74 Å². The lowest BCUT2D eigenvalue weighted by atomic mass is 9.60. The molecule has 0 heterocycles. The monoisotopic (exact) mass is 278 g/mol.